The molecule has 0 radical (unpaired) electrons. The zero-order valence-electron chi connectivity index (χ0n) is 5.94. The van der Waals surface area contributed by atoms with E-state index in [0.717, 1.165) is 0 Å². The Labute approximate surface area is 80.5 Å². The van der Waals surface area contributed by atoms with Crippen LogP contribution in [-0.4, -0.2) is 0 Å². The van der Waals surface area contributed by atoms with E-state index in [1.54, 1.807) is 24.3 Å². The van der Waals surface area contributed by atoms with Gasteiger partial charge < -0.3 is 0 Å². The number of halogens is 2. The van der Waals surface area contributed by atoms with Gasteiger partial charge in [-0.2, -0.15) is 5.26 Å². The first-order valence-corrected chi connectivity index (χ1v) is 3.85. The van der Waals surface area contributed by atoms with Gasteiger partial charge in [-0.25, -0.2) is 0 Å². The van der Waals surface area contributed by atoms with Gasteiger partial charge in [-0.05, 0) is 24.1 Å². The highest BCUT2D eigenvalue weighted by Gasteiger charge is 1.96. The van der Waals surface area contributed by atoms with E-state index in [0.29, 0.717) is 15.6 Å². The van der Waals surface area contributed by atoms with Crippen molar-refractivity contribution in [2.75, 3.05) is 0 Å². The van der Waals surface area contributed by atoms with E-state index in [-0.39, 0.29) is 0 Å². The van der Waals surface area contributed by atoms with Crippen molar-refractivity contribution in [3.63, 3.8) is 0 Å². The highest BCUT2D eigenvalue weighted by Crippen LogP contribution is 2.19. The van der Waals surface area contributed by atoms with Crippen LogP contribution in [0.4, 0.5) is 0 Å². The van der Waals surface area contributed by atoms with Gasteiger partial charge in [0.25, 0.3) is 0 Å². The zero-order valence-corrected chi connectivity index (χ0v) is 7.45. The third-order valence-electron chi connectivity index (χ3n) is 1.18. The largest absolute Gasteiger partial charge is 0.183 e. The minimum absolute atomic E-state index is 0.502. The standard InChI is InChI=1S/C9H3Cl2N/c10-8-3-4-9(11)7(6-8)2-1-5-12/h3-4,6H. The molecule has 0 bridgehead atoms. The molecule has 1 rings (SSSR count). The summed E-state index contributed by atoms with van der Waals surface area (Å²) in [6, 6.07) is 6.63. The molecule has 3 heteroatoms. The van der Waals surface area contributed by atoms with Crippen LogP contribution in [0.5, 0.6) is 0 Å². The number of benzene rings is 1. The van der Waals surface area contributed by atoms with Gasteiger partial charge in [-0.3, -0.25) is 0 Å². The number of hydrogen-bond donors (Lipinski definition) is 0. The van der Waals surface area contributed by atoms with Gasteiger partial charge >= 0.3 is 0 Å². The first-order chi connectivity index (χ1) is 5.74. The molecule has 1 aromatic rings. The lowest BCUT2D eigenvalue weighted by atomic mass is 10.2. The molecular formula is C9H3Cl2N. The molecule has 0 atom stereocenters. The number of nitriles is 1. The van der Waals surface area contributed by atoms with Gasteiger partial charge in [0.1, 0.15) is 0 Å². The third-order valence-corrected chi connectivity index (χ3v) is 1.75. The van der Waals surface area contributed by atoms with Crippen molar-refractivity contribution in [3.8, 4) is 17.9 Å². The van der Waals surface area contributed by atoms with Crippen LogP contribution in [-0.2, 0) is 0 Å². The molecular weight excluding hydrogens is 193 g/mol. The molecule has 0 N–H and O–H groups in total. The highest BCUT2D eigenvalue weighted by molar-refractivity contribution is 6.33. The fraction of sp³-hybridized carbons (Fsp3) is 0. The first-order valence-electron chi connectivity index (χ1n) is 3.09. The molecule has 0 aliphatic heterocycles. The van der Waals surface area contributed by atoms with Crippen molar-refractivity contribution >= 4 is 23.2 Å². The van der Waals surface area contributed by atoms with Gasteiger partial charge in [0.05, 0.1) is 5.02 Å². The molecule has 0 aliphatic carbocycles. The van der Waals surface area contributed by atoms with Gasteiger partial charge in [0.2, 0.25) is 0 Å². The second kappa shape index (κ2) is 4.02. The summed E-state index contributed by atoms with van der Waals surface area (Å²) in [5.74, 6) is 4.82. The zero-order chi connectivity index (χ0) is 8.97. The van der Waals surface area contributed by atoms with Crippen LogP contribution in [0.25, 0.3) is 0 Å². The van der Waals surface area contributed by atoms with Crippen LogP contribution in [0, 0.1) is 23.2 Å². The monoisotopic (exact) mass is 195 g/mol. The minimum Gasteiger partial charge on any atom is -0.183 e. The molecule has 1 aromatic carbocycles. The molecule has 0 aliphatic rings. The minimum atomic E-state index is 0.502. The van der Waals surface area contributed by atoms with Gasteiger partial charge in [0.15, 0.2) is 6.07 Å². The quantitative estimate of drug-likeness (QED) is 0.585. The van der Waals surface area contributed by atoms with E-state index < -0.39 is 0 Å². The topological polar surface area (TPSA) is 23.8 Å². The van der Waals surface area contributed by atoms with Crippen LogP contribution in [0.15, 0.2) is 18.2 Å². The smallest absolute Gasteiger partial charge is 0.152 e. The van der Waals surface area contributed by atoms with Crippen LogP contribution < -0.4 is 0 Å². The van der Waals surface area contributed by atoms with Gasteiger partial charge in [-0.1, -0.05) is 23.2 Å². The summed E-state index contributed by atoms with van der Waals surface area (Å²) in [5, 5.41) is 9.25. The van der Waals surface area contributed by atoms with Crippen molar-refractivity contribution in [3.05, 3.63) is 33.8 Å². The molecule has 12 heavy (non-hydrogen) atoms. The van der Waals surface area contributed by atoms with E-state index in [4.69, 9.17) is 28.5 Å². The maximum atomic E-state index is 8.19. The van der Waals surface area contributed by atoms with Crippen LogP contribution in [0.3, 0.4) is 0 Å². The Morgan fingerprint density at radius 2 is 2.00 bits per heavy atom. The predicted octanol–water partition coefficient (Wildman–Crippen LogP) is 2.87. The van der Waals surface area contributed by atoms with E-state index in [2.05, 4.69) is 11.8 Å². The lowest BCUT2D eigenvalue weighted by molar-refractivity contribution is 1.55. The Morgan fingerprint density at radius 3 is 2.67 bits per heavy atom. The fourth-order valence-electron chi connectivity index (χ4n) is 0.689. The van der Waals surface area contributed by atoms with Crippen molar-refractivity contribution in [1.29, 1.82) is 5.26 Å². The van der Waals surface area contributed by atoms with Crippen LogP contribution >= 0.6 is 23.2 Å². The van der Waals surface area contributed by atoms with Crippen molar-refractivity contribution in [2.45, 2.75) is 0 Å². The Bertz CT molecular complexity index is 393. The van der Waals surface area contributed by atoms with Crippen molar-refractivity contribution in [2.24, 2.45) is 0 Å². The Balaban J connectivity index is 3.16. The van der Waals surface area contributed by atoms with E-state index in [1.165, 1.54) is 0 Å². The molecule has 0 unspecified atom stereocenters. The molecule has 0 fully saturated rings. The predicted molar refractivity (Wildman–Crippen MR) is 49.0 cm³/mol. The van der Waals surface area contributed by atoms with Crippen LogP contribution in [0.2, 0.25) is 10.0 Å². The first kappa shape index (κ1) is 8.94. The summed E-state index contributed by atoms with van der Waals surface area (Å²) in [6.07, 6.45) is 0. The summed E-state index contributed by atoms with van der Waals surface area (Å²) in [6.45, 7) is 0. The molecule has 0 spiro atoms. The van der Waals surface area contributed by atoms with Gasteiger partial charge in [0, 0.05) is 16.5 Å². The molecule has 0 saturated heterocycles. The van der Waals surface area contributed by atoms with Gasteiger partial charge in [-0.15, -0.1) is 0 Å². The van der Waals surface area contributed by atoms with Crippen molar-refractivity contribution < 1.29 is 0 Å². The molecule has 0 saturated carbocycles. The van der Waals surface area contributed by atoms with E-state index in [9.17, 15) is 0 Å². The summed E-state index contributed by atoms with van der Waals surface area (Å²) in [4.78, 5) is 0. The maximum Gasteiger partial charge on any atom is 0.152 e. The average Bonchev–Trinajstić information content (AvgIpc) is 2.07. The van der Waals surface area contributed by atoms with Crippen molar-refractivity contribution in [1.82, 2.24) is 0 Å². The molecule has 0 amide bonds. The van der Waals surface area contributed by atoms with E-state index >= 15 is 0 Å². The normalized spacial score (nSPS) is 8.08. The molecule has 0 heterocycles. The average molecular weight is 196 g/mol. The second-order valence-corrected chi connectivity index (χ2v) is 2.83. The third kappa shape index (κ3) is 2.17. The molecule has 0 aromatic heterocycles. The Kier molecular flexibility index (Phi) is 3.00. The summed E-state index contributed by atoms with van der Waals surface area (Å²) >= 11 is 11.4. The lowest BCUT2D eigenvalue weighted by Gasteiger charge is -1.94. The Morgan fingerprint density at radius 1 is 1.25 bits per heavy atom. The fourth-order valence-corrected chi connectivity index (χ4v) is 1.03. The van der Waals surface area contributed by atoms with Crippen LogP contribution in [0.1, 0.15) is 5.56 Å². The number of nitrogens with zero attached hydrogens (tertiary/aromatic N) is 1. The Hall–Kier alpha value is -1.15. The maximum absolute atomic E-state index is 8.19. The molecule has 1 nitrogen and oxygen atoms in total. The summed E-state index contributed by atoms with van der Waals surface area (Å²) in [5.41, 5.74) is 0.575. The lowest BCUT2D eigenvalue weighted by Crippen LogP contribution is -1.75. The molecule has 58 valence electrons. The summed E-state index contributed by atoms with van der Waals surface area (Å²) in [7, 11) is 0. The summed E-state index contributed by atoms with van der Waals surface area (Å²) < 4.78 is 0. The number of hydrogen-bond acceptors (Lipinski definition) is 1. The SMILES string of the molecule is N#CC#Cc1cc(Cl)ccc1Cl. The highest BCUT2D eigenvalue weighted by atomic mass is 35.5. The van der Waals surface area contributed by atoms with E-state index in [1.807, 2.05) is 0 Å². The second-order valence-electron chi connectivity index (χ2n) is 1.99. The number of rotatable bonds is 0.